The Balaban J connectivity index is 1.83. The largest absolute Gasteiger partial charge is 0.476 e. The molecule has 0 aliphatic heterocycles. The normalized spacial score (nSPS) is 22.6. The Kier molecular flexibility index (Phi) is 3.67. The average molecular weight is 313 g/mol. The molecular weight excluding hydrogens is 294 g/mol. The number of anilines is 1. The number of rotatable bonds is 5. The quantitative estimate of drug-likeness (QED) is 0.889. The molecule has 1 aromatic heterocycles. The van der Waals surface area contributed by atoms with Gasteiger partial charge in [0.15, 0.2) is 5.69 Å². The molecule has 23 heavy (non-hydrogen) atoms. The Morgan fingerprint density at radius 3 is 2.74 bits per heavy atom. The molecule has 120 valence electrons. The van der Waals surface area contributed by atoms with Crippen LogP contribution in [0.15, 0.2) is 36.5 Å². The van der Waals surface area contributed by atoms with E-state index in [4.69, 9.17) is 5.11 Å². The standard InChI is InChI=1S/C17H19N3O3/c1-3-17(2)10-11(17)15(21)18-12-6-4-5-7-14(12)20-9-8-13(19-20)16(22)23/h4-9,11H,3,10H2,1-2H3,(H,18,21)(H,22,23). The maximum atomic E-state index is 12.4. The summed E-state index contributed by atoms with van der Waals surface area (Å²) >= 11 is 0. The van der Waals surface area contributed by atoms with Gasteiger partial charge in [0.05, 0.1) is 11.4 Å². The van der Waals surface area contributed by atoms with E-state index in [1.54, 1.807) is 18.3 Å². The van der Waals surface area contributed by atoms with Crippen molar-refractivity contribution in [3.63, 3.8) is 0 Å². The third-order valence-electron chi connectivity index (χ3n) is 4.69. The minimum atomic E-state index is -1.08. The molecule has 1 aliphatic rings. The molecule has 1 fully saturated rings. The Morgan fingerprint density at radius 2 is 2.13 bits per heavy atom. The molecule has 2 unspecified atom stereocenters. The number of nitrogens with one attached hydrogen (secondary N) is 1. The lowest BCUT2D eigenvalue weighted by molar-refractivity contribution is -0.118. The van der Waals surface area contributed by atoms with Crippen molar-refractivity contribution in [2.24, 2.45) is 11.3 Å². The average Bonchev–Trinajstić information content (AvgIpc) is 2.99. The van der Waals surface area contributed by atoms with Gasteiger partial charge in [-0.25, -0.2) is 9.48 Å². The number of aromatic nitrogens is 2. The number of hydrogen-bond donors (Lipinski definition) is 2. The molecule has 3 rings (SSSR count). The van der Waals surface area contributed by atoms with E-state index in [0.717, 1.165) is 12.8 Å². The second kappa shape index (κ2) is 5.53. The zero-order valence-corrected chi connectivity index (χ0v) is 13.1. The van der Waals surface area contributed by atoms with E-state index in [1.165, 1.54) is 10.7 Å². The summed E-state index contributed by atoms with van der Waals surface area (Å²) < 4.78 is 1.46. The van der Waals surface area contributed by atoms with Crippen LogP contribution in [-0.2, 0) is 4.79 Å². The van der Waals surface area contributed by atoms with Crippen LogP contribution < -0.4 is 5.32 Å². The molecule has 2 atom stereocenters. The summed E-state index contributed by atoms with van der Waals surface area (Å²) in [6.45, 7) is 4.22. The fourth-order valence-electron chi connectivity index (χ4n) is 2.78. The number of hydrogen-bond acceptors (Lipinski definition) is 3. The number of carbonyl (C=O) groups is 2. The first-order valence-corrected chi connectivity index (χ1v) is 7.64. The van der Waals surface area contributed by atoms with E-state index in [9.17, 15) is 9.59 Å². The number of carboxylic acids is 1. The summed E-state index contributed by atoms with van der Waals surface area (Å²) in [6.07, 6.45) is 3.46. The van der Waals surface area contributed by atoms with Crippen molar-refractivity contribution in [2.45, 2.75) is 26.7 Å². The highest BCUT2D eigenvalue weighted by Gasteiger charge is 2.52. The Morgan fingerprint density at radius 1 is 1.39 bits per heavy atom. The molecule has 6 nitrogen and oxygen atoms in total. The summed E-state index contributed by atoms with van der Waals surface area (Å²) in [5.74, 6) is -1.04. The van der Waals surface area contributed by atoms with Gasteiger partial charge in [-0.05, 0) is 36.5 Å². The number of carboxylic acid groups (broad SMARTS) is 1. The maximum Gasteiger partial charge on any atom is 0.356 e. The number of nitrogens with zero attached hydrogens (tertiary/aromatic N) is 2. The second-order valence-corrected chi connectivity index (χ2v) is 6.22. The van der Waals surface area contributed by atoms with Gasteiger partial charge < -0.3 is 10.4 Å². The fourth-order valence-corrected chi connectivity index (χ4v) is 2.78. The smallest absolute Gasteiger partial charge is 0.356 e. The molecule has 6 heteroatoms. The number of amides is 1. The van der Waals surface area contributed by atoms with Gasteiger partial charge in [0, 0.05) is 12.1 Å². The van der Waals surface area contributed by atoms with Crippen LogP contribution in [0.1, 0.15) is 37.2 Å². The van der Waals surface area contributed by atoms with Crippen LogP contribution in [0.2, 0.25) is 0 Å². The first-order valence-electron chi connectivity index (χ1n) is 7.64. The summed E-state index contributed by atoms with van der Waals surface area (Å²) in [5.41, 5.74) is 1.34. The van der Waals surface area contributed by atoms with Crippen molar-refractivity contribution in [3.05, 3.63) is 42.2 Å². The third-order valence-corrected chi connectivity index (χ3v) is 4.69. The lowest BCUT2D eigenvalue weighted by Gasteiger charge is -2.12. The molecule has 0 radical (unpaired) electrons. The van der Waals surface area contributed by atoms with Gasteiger partial charge in [-0.2, -0.15) is 5.10 Å². The summed E-state index contributed by atoms with van der Waals surface area (Å²) in [4.78, 5) is 23.4. The van der Waals surface area contributed by atoms with E-state index in [2.05, 4.69) is 24.3 Å². The van der Waals surface area contributed by atoms with Gasteiger partial charge in [0.25, 0.3) is 0 Å². The molecule has 0 spiro atoms. The molecule has 1 amide bonds. The second-order valence-electron chi connectivity index (χ2n) is 6.22. The predicted octanol–water partition coefficient (Wildman–Crippen LogP) is 2.95. The van der Waals surface area contributed by atoms with E-state index >= 15 is 0 Å². The van der Waals surface area contributed by atoms with Crippen LogP contribution in [0.3, 0.4) is 0 Å². The fraction of sp³-hybridized carbons (Fsp3) is 0.353. The van der Waals surface area contributed by atoms with Crippen molar-refractivity contribution in [3.8, 4) is 5.69 Å². The number of benzene rings is 1. The van der Waals surface area contributed by atoms with Crippen molar-refractivity contribution in [1.29, 1.82) is 0 Å². The van der Waals surface area contributed by atoms with Crippen LogP contribution in [0.4, 0.5) is 5.69 Å². The lowest BCUT2D eigenvalue weighted by Crippen LogP contribution is -2.18. The number of carbonyl (C=O) groups excluding carboxylic acids is 1. The van der Waals surface area contributed by atoms with Crippen LogP contribution in [0.5, 0.6) is 0 Å². The molecule has 2 aromatic rings. The highest BCUT2D eigenvalue weighted by molar-refractivity contribution is 5.96. The van der Waals surface area contributed by atoms with E-state index in [-0.39, 0.29) is 22.9 Å². The van der Waals surface area contributed by atoms with Gasteiger partial charge in [-0.1, -0.05) is 26.0 Å². The first kappa shape index (κ1) is 15.3. The monoisotopic (exact) mass is 313 g/mol. The first-order chi connectivity index (χ1) is 10.9. The maximum absolute atomic E-state index is 12.4. The van der Waals surface area contributed by atoms with Crippen molar-refractivity contribution in [2.75, 3.05) is 5.32 Å². The zero-order valence-electron chi connectivity index (χ0n) is 13.1. The molecular formula is C17H19N3O3. The molecule has 2 N–H and O–H groups in total. The number of para-hydroxylation sites is 2. The third kappa shape index (κ3) is 2.84. The topological polar surface area (TPSA) is 84.2 Å². The van der Waals surface area contributed by atoms with Gasteiger partial charge in [-0.15, -0.1) is 0 Å². The lowest BCUT2D eigenvalue weighted by atomic mass is 10.0. The summed E-state index contributed by atoms with van der Waals surface area (Å²) in [7, 11) is 0. The van der Waals surface area contributed by atoms with E-state index < -0.39 is 5.97 Å². The van der Waals surface area contributed by atoms with E-state index in [1.807, 2.05) is 12.1 Å². The summed E-state index contributed by atoms with van der Waals surface area (Å²) in [6, 6.07) is 8.66. The van der Waals surface area contributed by atoms with Gasteiger partial charge in [0.1, 0.15) is 0 Å². The van der Waals surface area contributed by atoms with E-state index in [0.29, 0.717) is 11.4 Å². The summed E-state index contributed by atoms with van der Waals surface area (Å²) in [5, 5.41) is 16.0. The minimum absolute atomic E-state index is 0.00686. The SMILES string of the molecule is CCC1(C)CC1C(=O)Nc1ccccc1-n1ccc(C(=O)O)n1. The highest BCUT2D eigenvalue weighted by Crippen LogP contribution is 2.55. The van der Waals surface area contributed by atoms with Crippen molar-refractivity contribution >= 4 is 17.6 Å². The van der Waals surface area contributed by atoms with Crippen LogP contribution in [0, 0.1) is 11.3 Å². The molecule has 1 aliphatic carbocycles. The van der Waals surface area contributed by atoms with Gasteiger partial charge in [0.2, 0.25) is 5.91 Å². The van der Waals surface area contributed by atoms with Crippen LogP contribution in [0.25, 0.3) is 5.69 Å². The van der Waals surface area contributed by atoms with Crippen molar-refractivity contribution < 1.29 is 14.7 Å². The minimum Gasteiger partial charge on any atom is -0.476 e. The Bertz CT molecular complexity index is 768. The van der Waals surface area contributed by atoms with Crippen molar-refractivity contribution in [1.82, 2.24) is 9.78 Å². The molecule has 1 heterocycles. The molecule has 1 saturated carbocycles. The Hall–Kier alpha value is -2.63. The zero-order chi connectivity index (χ0) is 16.6. The highest BCUT2D eigenvalue weighted by atomic mass is 16.4. The van der Waals surface area contributed by atoms with Gasteiger partial charge >= 0.3 is 5.97 Å². The Labute approximate surface area is 134 Å². The molecule has 0 saturated heterocycles. The van der Waals surface area contributed by atoms with Crippen LogP contribution >= 0.6 is 0 Å². The van der Waals surface area contributed by atoms with Crippen LogP contribution in [-0.4, -0.2) is 26.8 Å². The molecule has 1 aromatic carbocycles. The predicted molar refractivity (Wildman–Crippen MR) is 85.7 cm³/mol. The molecule has 0 bridgehead atoms. The number of aromatic carboxylic acids is 1. The van der Waals surface area contributed by atoms with Gasteiger partial charge in [-0.3, -0.25) is 4.79 Å².